The first-order chi connectivity index (χ1) is 12.7. The van der Waals surface area contributed by atoms with E-state index in [4.69, 9.17) is 5.21 Å². The average Bonchev–Trinajstić information content (AvgIpc) is 2.91. The van der Waals surface area contributed by atoms with Crippen molar-refractivity contribution in [2.75, 3.05) is 6.61 Å². The number of ketones is 1. The molecule has 0 heterocycles. The topological polar surface area (TPSA) is 110 Å². The molecule has 7 atom stereocenters. The number of rotatable bonds is 2. The van der Waals surface area contributed by atoms with Gasteiger partial charge in [0.05, 0.1) is 11.8 Å². The molecule has 0 amide bonds. The van der Waals surface area contributed by atoms with Crippen LogP contribution < -0.4 is 0 Å². The summed E-state index contributed by atoms with van der Waals surface area (Å²) in [6.45, 7) is 3.50. The lowest BCUT2D eigenvalue weighted by Crippen LogP contribution is -2.62. The quantitative estimate of drug-likeness (QED) is 0.435. The Morgan fingerprint density at radius 2 is 2.00 bits per heavy atom. The Labute approximate surface area is 160 Å². The molecule has 4 aliphatic rings. The van der Waals surface area contributed by atoms with Crippen molar-refractivity contribution < 1.29 is 25.3 Å². The van der Waals surface area contributed by atoms with Crippen molar-refractivity contribution in [2.24, 2.45) is 33.7 Å². The van der Waals surface area contributed by atoms with Crippen molar-refractivity contribution in [2.45, 2.75) is 70.5 Å². The van der Waals surface area contributed by atoms with Gasteiger partial charge in [0.25, 0.3) is 0 Å². The summed E-state index contributed by atoms with van der Waals surface area (Å²) in [7, 11) is 0. The molecule has 6 nitrogen and oxygen atoms in total. The fourth-order valence-electron chi connectivity index (χ4n) is 7.37. The summed E-state index contributed by atoms with van der Waals surface area (Å²) in [6, 6.07) is 0. The molecule has 6 heteroatoms. The third-order valence-electron chi connectivity index (χ3n) is 8.80. The first-order valence-corrected chi connectivity index (χ1v) is 10.2. The molecule has 0 aromatic carbocycles. The van der Waals surface area contributed by atoms with Crippen molar-refractivity contribution in [3.8, 4) is 0 Å². The molecular formula is C21H31NO5. The molecule has 0 spiro atoms. The fourth-order valence-corrected chi connectivity index (χ4v) is 7.37. The molecule has 4 N–H and O–H groups in total. The zero-order valence-corrected chi connectivity index (χ0v) is 16.2. The van der Waals surface area contributed by atoms with E-state index in [0.29, 0.717) is 25.0 Å². The number of nitrogens with zero attached hydrogens (tertiary/aromatic N) is 1. The molecule has 27 heavy (non-hydrogen) atoms. The molecule has 3 fully saturated rings. The number of aliphatic hydroxyl groups excluding tert-OH is 2. The Bertz CT molecular complexity index is 717. The third-order valence-corrected chi connectivity index (χ3v) is 8.80. The maximum absolute atomic E-state index is 12.4. The van der Waals surface area contributed by atoms with Crippen LogP contribution >= 0.6 is 0 Å². The van der Waals surface area contributed by atoms with Gasteiger partial charge in [-0.2, -0.15) is 0 Å². The van der Waals surface area contributed by atoms with E-state index in [0.717, 1.165) is 25.7 Å². The zero-order valence-electron chi connectivity index (χ0n) is 16.2. The number of allylic oxidation sites excluding steroid dienone is 2. The molecule has 0 unspecified atom stereocenters. The van der Waals surface area contributed by atoms with E-state index < -0.39 is 29.5 Å². The summed E-state index contributed by atoms with van der Waals surface area (Å²) in [5.41, 5.74) is -0.416. The van der Waals surface area contributed by atoms with E-state index in [1.807, 2.05) is 13.0 Å². The van der Waals surface area contributed by atoms with Gasteiger partial charge in [0.2, 0.25) is 0 Å². The Morgan fingerprint density at radius 3 is 2.67 bits per heavy atom. The summed E-state index contributed by atoms with van der Waals surface area (Å²) in [4.78, 5) is 12.4. The molecule has 0 bridgehead atoms. The normalized spacial score (nSPS) is 50.6. The smallest absolute Gasteiger partial charge is 0.190 e. The largest absolute Gasteiger partial charge is 0.411 e. The van der Waals surface area contributed by atoms with Gasteiger partial charge in [0.1, 0.15) is 12.2 Å². The van der Waals surface area contributed by atoms with Gasteiger partial charge in [0.15, 0.2) is 5.78 Å². The number of hydrogen-bond donors (Lipinski definition) is 4. The molecular weight excluding hydrogens is 346 g/mol. The van der Waals surface area contributed by atoms with Gasteiger partial charge < -0.3 is 20.5 Å². The Balaban J connectivity index is 1.72. The van der Waals surface area contributed by atoms with Gasteiger partial charge in [-0.1, -0.05) is 24.6 Å². The SMILES string of the molecule is C[C@]12CCC(=NO)C=C1CC[C@@H]1[C@@H]2[C@@H](O)C[C@@]2(C)[C@H]1CC[C@]2(O)C(=O)CO. The van der Waals surface area contributed by atoms with Crippen molar-refractivity contribution in [1.29, 1.82) is 0 Å². The number of carbonyl (C=O) groups excluding carboxylic acids is 1. The van der Waals surface area contributed by atoms with Crippen molar-refractivity contribution in [3.05, 3.63) is 11.6 Å². The maximum Gasteiger partial charge on any atom is 0.190 e. The standard InChI is InChI=1S/C21H31NO5/c1-19-7-5-13(22-27)9-12(19)3-4-14-15-6-8-21(26,17(25)11-23)20(15,2)10-16(24)18(14)19/h9,14-16,18,23-24,26-27H,3-8,10-11H2,1-2H3/t14-,15-,16-,18+,19-,20-,21-/m0/s1. The van der Waals surface area contributed by atoms with Gasteiger partial charge in [0, 0.05) is 5.41 Å². The minimum Gasteiger partial charge on any atom is -0.411 e. The summed E-state index contributed by atoms with van der Waals surface area (Å²) in [5.74, 6) is -0.0173. The predicted molar refractivity (Wildman–Crippen MR) is 99.4 cm³/mol. The average molecular weight is 377 g/mol. The van der Waals surface area contributed by atoms with Crippen LogP contribution in [-0.2, 0) is 4.79 Å². The Hall–Kier alpha value is -1.24. The van der Waals surface area contributed by atoms with Gasteiger partial charge in [-0.05, 0) is 74.2 Å². The molecule has 0 aromatic heterocycles. The number of carbonyl (C=O) groups is 1. The highest BCUT2D eigenvalue weighted by molar-refractivity contribution is 5.96. The second kappa shape index (κ2) is 6.13. The van der Waals surface area contributed by atoms with Gasteiger partial charge in [-0.25, -0.2) is 0 Å². The summed E-state index contributed by atoms with van der Waals surface area (Å²) >= 11 is 0. The lowest BCUT2D eigenvalue weighted by atomic mass is 9.45. The molecule has 0 aliphatic heterocycles. The summed E-state index contributed by atoms with van der Waals surface area (Å²) < 4.78 is 0. The number of aliphatic hydroxyl groups is 3. The molecule has 0 aromatic rings. The lowest BCUT2D eigenvalue weighted by molar-refractivity contribution is -0.181. The highest BCUT2D eigenvalue weighted by Gasteiger charge is 2.68. The summed E-state index contributed by atoms with van der Waals surface area (Å²) in [5, 5.41) is 44.4. The lowest BCUT2D eigenvalue weighted by Gasteiger charge is -2.60. The number of fused-ring (bicyclic) bond motifs is 5. The van der Waals surface area contributed by atoms with Gasteiger partial charge >= 0.3 is 0 Å². The Kier molecular flexibility index (Phi) is 4.33. The monoisotopic (exact) mass is 377 g/mol. The number of Topliss-reactive ketones (excluding diaryl/α,β-unsaturated/α-hetero) is 1. The number of oxime groups is 1. The molecule has 4 rings (SSSR count). The van der Waals surface area contributed by atoms with E-state index in [1.54, 1.807) is 0 Å². The first-order valence-electron chi connectivity index (χ1n) is 10.2. The van der Waals surface area contributed by atoms with Crippen LogP contribution in [0.5, 0.6) is 0 Å². The molecule has 3 saturated carbocycles. The van der Waals surface area contributed by atoms with Crippen LogP contribution in [0.4, 0.5) is 0 Å². The molecule has 150 valence electrons. The first kappa shape index (κ1) is 19.1. The minimum atomic E-state index is -1.54. The summed E-state index contributed by atoms with van der Waals surface area (Å²) in [6.07, 6.45) is 6.24. The minimum absolute atomic E-state index is 0.0856. The molecule has 0 radical (unpaired) electrons. The number of hydrogen-bond acceptors (Lipinski definition) is 6. The zero-order chi connectivity index (χ0) is 19.6. The maximum atomic E-state index is 12.4. The van der Waals surface area contributed by atoms with Crippen molar-refractivity contribution in [3.63, 3.8) is 0 Å². The van der Waals surface area contributed by atoms with Crippen LogP contribution in [0.15, 0.2) is 16.8 Å². The van der Waals surface area contributed by atoms with Gasteiger partial charge in [-0.3, -0.25) is 4.79 Å². The molecule has 0 saturated heterocycles. The van der Waals surface area contributed by atoms with Crippen LogP contribution in [0.1, 0.15) is 58.8 Å². The predicted octanol–water partition coefficient (Wildman–Crippen LogP) is 2.04. The van der Waals surface area contributed by atoms with Gasteiger partial charge in [-0.15, -0.1) is 0 Å². The molecule has 4 aliphatic carbocycles. The Morgan fingerprint density at radius 1 is 1.26 bits per heavy atom. The fraction of sp³-hybridized carbons (Fsp3) is 0.810. The highest BCUT2D eigenvalue weighted by Crippen LogP contribution is 2.67. The van der Waals surface area contributed by atoms with Crippen LogP contribution in [0.25, 0.3) is 0 Å². The highest BCUT2D eigenvalue weighted by atomic mass is 16.4. The third kappa shape index (κ3) is 2.36. The van der Waals surface area contributed by atoms with E-state index in [9.17, 15) is 20.1 Å². The van der Waals surface area contributed by atoms with E-state index in [2.05, 4.69) is 12.1 Å². The van der Waals surface area contributed by atoms with E-state index in [1.165, 1.54) is 5.57 Å². The second-order valence-electron chi connectivity index (χ2n) is 9.68. The second-order valence-corrected chi connectivity index (χ2v) is 9.68. The van der Waals surface area contributed by atoms with Crippen LogP contribution in [0.2, 0.25) is 0 Å². The van der Waals surface area contributed by atoms with Crippen molar-refractivity contribution in [1.82, 2.24) is 0 Å². The van der Waals surface area contributed by atoms with E-state index in [-0.39, 0.29) is 23.2 Å². The van der Waals surface area contributed by atoms with Crippen LogP contribution in [-0.4, -0.2) is 50.3 Å². The van der Waals surface area contributed by atoms with Crippen LogP contribution in [0, 0.1) is 28.6 Å². The van der Waals surface area contributed by atoms with Crippen LogP contribution in [0.3, 0.4) is 0 Å². The van der Waals surface area contributed by atoms with Crippen molar-refractivity contribution >= 4 is 11.5 Å². The van der Waals surface area contributed by atoms with E-state index >= 15 is 0 Å².